The number of aromatic nitrogens is 3. The number of nitrogens with zero attached hydrogens (tertiary/aromatic N) is 4. The van der Waals surface area contributed by atoms with E-state index in [0.29, 0.717) is 30.9 Å². The van der Waals surface area contributed by atoms with Gasteiger partial charge in [0, 0.05) is 12.6 Å². The van der Waals surface area contributed by atoms with Gasteiger partial charge in [-0.3, -0.25) is 14.3 Å². The maximum Gasteiger partial charge on any atom is 0.267 e. The molecule has 2 aromatic heterocycles. The van der Waals surface area contributed by atoms with Gasteiger partial charge in [0.2, 0.25) is 0 Å². The third kappa shape index (κ3) is 2.64. The quantitative estimate of drug-likeness (QED) is 0.788. The number of hydrogen-bond acceptors (Lipinski definition) is 5. The van der Waals surface area contributed by atoms with Crippen molar-refractivity contribution in [2.45, 2.75) is 12.8 Å². The van der Waals surface area contributed by atoms with Gasteiger partial charge in [-0.1, -0.05) is 0 Å². The second kappa shape index (κ2) is 6.56. The van der Waals surface area contributed by atoms with Crippen LogP contribution in [-0.4, -0.2) is 21.1 Å². The van der Waals surface area contributed by atoms with Crippen LogP contribution in [0.1, 0.15) is 17.8 Å². The molecule has 120 valence electrons. The summed E-state index contributed by atoms with van der Waals surface area (Å²) in [6, 6.07) is 7.75. The summed E-state index contributed by atoms with van der Waals surface area (Å²) >= 11 is 0. The Morgan fingerprint density at radius 1 is 1.33 bits per heavy atom. The first-order valence-corrected chi connectivity index (χ1v) is 7.42. The molecule has 0 spiro atoms. The molecule has 0 radical (unpaired) electrons. The van der Waals surface area contributed by atoms with Gasteiger partial charge in [0.1, 0.15) is 23.2 Å². The van der Waals surface area contributed by atoms with Gasteiger partial charge in [0.05, 0.1) is 22.8 Å². The summed E-state index contributed by atoms with van der Waals surface area (Å²) in [5, 5.41) is 9.22. The van der Waals surface area contributed by atoms with E-state index in [1.165, 1.54) is 16.8 Å². The van der Waals surface area contributed by atoms with E-state index in [2.05, 4.69) is 9.97 Å². The van der Waals surface area contributed by atoms with Crippen LogP contribution >= 0.6 is 0 Å². The Kier molecular flexibility index (Phi) is 4.31. The molecule has 0 aliphatic heterocycles. The van der Waals surface area contributed by atoms with Crippen LogP contribution in [0, 0.1) is 17.1 Å². The molecule has 0 aliphatic rings. The number of aryl methyl sites for hydroxylation is 1. The number of nitriles is 1. The van der Waals surface area contributed by atoms with Crippen molar-refractivity contribution in [2.24, 2.45) is 5.73 Å². The Labute approximate surface area is 137 Å². The average molecular weight is 323 g/mol. The minimum Gasteiger partial charge on any atom is -0.330 e. The van der Waals surface area contributed by atoms with E-state index < -0.39 is 11.4 Å². The summed E-state index contributed by atoms with van der Waals surface area (Å²) in [5.74, 6) is -0.242. The normalized spacial score (nSPS) is 10.7. The lowest BCUT2D eigenvalue weighted by molar-refractivity contribution is 0.633. The van der Waals surface area contributed by atoms with Crippen LogP contribution in [0.15, 0.2) is 41.5 Å². The molecule has 2 N–H and O–H groups in total. The summed E-state index contributed by atoms with van der Waals surface area (Å²) in [6.45, 7) is 0.418. The van der Waals surface area contributed by atoms with Gasteiger partial charge in [-0.25, -0.2) is 9.37 Å². The molecule has 2 heterocycles. The zero-order valence-corrected chi connectivity index (χ0v) is 12.7. The van der Waals surface area contributed by atoms with Crippen LogP contribution in [0.3, 0.4) is 0 Å². The molecule has 3 rings (SSSR count). The Hall–Kier alpha value is -3.11. The highest BCUT2D eigenvalue weighted by Crippen LogP contribution is 2.19. The van der Waals surface area contributed by atoms with E-state index in [1.807, 2.05) is 6.07 Å². The number of benzene rings is 1. The number of halogens is 1. The van der Waals surface area contributed by atoms with Gasteiger partial charge >= 0.3 is 0 Å². The molecule has 0 amide bonds. The minimum atomic E-state index is -0.631. The third-order valence-electron chi connectivity index (χ3n) is 3.67. The molecular weight excluding hydrogens is 309 g/mol. The van der Waals surface area contributed by atoms with Gasteiger partial charge in [0.15, 0.2) is 0 Å². The predicted molar refractivity (Wildman–Crippen MR) is 87.2 cm³/mol. The zero-order valence-electron chi connectivity index (χ0n) is 12.7. The van der Waals surface area contributed by atoms with Crippen LogP contribution in [0.2, 0.25) is 0 Å². The Balaban J connectivity index is 2.42. The van der Waals surface area contributed by atoms with Crippen LogP contribution in [-0.2, 0) is 6.42 Å². The third-order valence-corrected chi connectivity index (χ3v) is 3.67. The average Bonchev–Trinajstić information content (AvgIpc) is 2.61. The lowest BCUT2D eigenvalue weighted by Crippen LogP contribution is -2.25. The highest BCUT2D eigenvalue weighted by atomic mass is 19.1. The van der Waals surface area contributed by atoms with Crippen molar-refractivity contribution in [2.75, 3.05) is 6.54 Å². The Morgan fingerprint density at radius 3 is 2.83 bits per heavy atom. The number of rotatable bonds is 4. The molecule has 0 atom stereocenters. The van der Waals surface area contributed by atoms with Crippen LogP contribution < -0.4 is 11.3 Å². The topological polar surface area (TPSA) is 97.6 Å². The van der Waals surface area contributed by atoms with Gasteiger partial charge in [-0.15, -0.1) is 0 Å². The highest BCUT2D eigenvalue weighted by Gasteiger charge is 2.18. The number of hydrogen-bond donors (Lipinski definition) is 1. The SMILES string of the molecule is N#Cc1ccc(F)c2nc(CCCN)n(-c3cccnc3)c(=O)c12. The molecule has 24 heavy (non-hydrogen) atoms. The summed E-state index contributed by atoms with van der Waals surface area (Å²) in [7, 11) is 0. The van der Waals surface area contributed by atoms with Crippen molar-refractivity contribution >= 4 is 10.9 Å². The van der Waals surface area contributed by atoms with E-state index in [0.717, 1.165) is 6.07 Å². The standard InChI is InChI=1S/C17H14FN5O/c18-13-6-5-11(9-20)15-16(13)22-14(4-1-7-19)23(17(15)24)12-3-2-8-21-10-12/h2-3,5-6,8,10H,1,4,7,19H2. The van der Waals surface area contributed by atoms with E-state index in [9.17, 15) is 14.4 Å². The van der Waals surface area contributed by atoms with Gasteiger partial charge < -0.3 is 5.73 Å². The molecule has 1 aromatic carbocycles. The highest BCUT2D eigenvalue weighted by molar-refractivity contribution is 5.84. The number of fused-ring (bicyclic) bond motifs is 1. The van der Waals surface area contributed by atoms with Crippen LogP contribution in [0.4, 0.5) is 4.39 Å². The maximum atomic E-state index is 14.2. The lowest BCUT2D eigenvalue weighted by atomic mass is 10.1. The Bertz CT molecular complexity index is 992. The molecule has 0 saturated carbocycles. The zero-order chi connectivity index (χ0) is 17.1. The van der Waals surface area contributed by atoms with Crippen molar-refractivity contribution in [1.82, 2.24) is 14.5 Å². The van der Waals surface area contributed by atoms with Crippen molar-refractivity contribution < 1.29 is 4.39 Å². The molecular formula is C17H14FN5O. The lowest BCUT2D eigenvalue weighted by Gasteiger charge is -2.14. The van der Waals surface area contributed by atoms with Gasteiger partial charge in [-0.2, -0.15) is 5.26 Å². The fourth-order valence-electron chi connectivity index (χ4n) is 2.57. The second-order valence-electron chi connectivity index (χ2n) is 5.20. The fraction of sp³-hybridized carbons (Fsp3) is 0.176. The molecule has 6 nitrogen and oxygen atoms in total. The van der Waals surface area contributed by atoms with Crippen molar-refractivity contribution in [1.29, 1.82) is 5.26 Å². The summed E-state index contributed by atoms with van der Waals surface area (Å²) in [6.07, 6.45) is 4.11. The monoisotopic (exact) mass is 323 g/mol. The summed E-state index contributed by atoms with van der Waals surface area (Å²) < 4.78 is 15.5. The van der Waals surface area contributed by atoms with E-state index in [1.54, 1.807) is 18.3 Å². The van der Waals surface area contributed by atoms with Crippen molar-refractivity contribution in [3.63, 3.8) is 0 Å². The molecule has 7 heteroatoms. The van der Waals surface area contributed by atoms with Gasteiger partial charge in [-0.05, 0) is 37.2 Å². The van der Waals surface area contributed by atoms with Crippen molar-refractivity contribution in [3.05, 3.63) is 64.2 Å². The van der Waals surface area contributed by atoms with Gasteiger partial charge in [0.25, 0.3) is 5.56 Å². The minimum absolute atomic E-state index is 0.0298. The van der Waals surface area contributed by atoms with Crippen LogP contribution in [0.25, 0.3) is 16.6 Å². The largest absolute Gasteiger partial charge is 0.330 e. The predicted octanol–water partition coefficient (Wildman–Crippen LogP) is 1.68. The number of nitrogens with two attached hydrogens (primary N) is 1. The maximum absolute atomic E-state index is 14.2. The molecule has 0 saturated heterocycles. The molecule has 0 bridgehead atoms. The first-order valence-electron chi connectivity index (χ1n) is 7.42. The summed E-state index contributed by atoms with van der Waals surface area (Å²) in [5.41, 5.74) is 5.57. The van der Waals surface area contributed by atoms with E-state index >= 15 is 0 Å². The second-order valence-corrected chi connectivity index (χ2v) is 5.20. The van der Waals surface area contributed by atoms with Crippen LogP contribution in [0.5, 0.6) is 0 Å². The summed E-state index contributed by atoms with van der Waals surface area (Å²) in [4.78, 5) is 21.3. The number of pyridine rings is 1. The first-order chi connectivity index (χ1) is 11.7. The van der Waals surface area contributed by atoms with E-state index in [4.69, 9.17) is 5.73 Å². The molecule has 0 aliphatic carbocycles. The molecule has 0 unspecified atom stereocenters. The first kappa shape index (κ1) is 15.8. The van der Waals surface area contributed by atoms with Crippen molar-refractivity contribution in [3.8, 4) is 11.8 Å². The molecule has 3 aromatic rings. The Morgan fingerprint density at radius 2 is 2.17 bits per heavy atom. The molecule has 0 fully saturated rings. The smallest absolute Gasteiger partial charge is 0.267 e. The van der Waals surface area contributed by atoms with E-state index in [-0.39, 0.29) is 16.5 Å². The fourth-order valence-corrected chi connectivity index (χ4v) is 2.57.